The van der Waals surface area contributed by atoms with Gasteiger partial charge in [-0.25, -0.2) is 9.48 Å². The van der Waals surface area contributed by atoms with Crippen molar-refractivity contribution in [2.75, 3.05) is 18.0 Å². The summed E-state index contributed by atoms with van der Waals surface area (Å²) in [5, 5.41) is 7.94. The first kappa shape index (κ1) is 16.3. The maximum atomic E-state index is 11.5. The van der Waals surface area contributed by atoms with Crippen LogP contribution in [0, 0.1) is 0 Å². The summed E-state index contributed by atoms with van der Waals surface area (Å²) < 4.78 is 1.92. The summed E-state index contributed by atoms with van der Waals surface area (Å²) in [6, 6.07) is 13.7. The van der Waals surface area contributed by atoms with Crippen LogP contribution in [-0.2, 0) is 6.54 Å². The second kappa shape index (κ2) is 7.01. The Balaban J connectivity index is 1.40. The summed E-state index contributed by atoms with van der Waals surface area (Å²) in [4.78, 5) is 29.8. The molecule has 2 aromatic heterocycles. The van der Waals surface area contributed by atoms with Crippen molar-refractivity contribution in [3.8, 4) is 5.69 Å². The van der Waals surface area contributed by atoms with Crippen molar-refractivity contribution in [2.45, 2.75) is 19.0 Å². The van der Waals surface area contributed by atoms with Crippen LogP contribution in [0.5, 0.6) is 0 Å². The lowest BCUT2D eigenvalue weighted by Gasteiger charge is -2.18. The molecule has 134 valence electrons. The van der Waals surface area contributed by atoms with Crippen LogP contribution in [0.25, 0.3) is 5.69 Å². The van der Waals surface area contributed by atoms with Crippen LogP contribution < -0.4 is 21.5 Å². The fourth-order valence-corrected chi connectivity index (χ4v) is 3.29. The Morgan fingerprint density at radius 1 is 1.15 bits per heavy atom. The van der Waals surface area contributed by atoms with Gasteiger partial charge in [0.05, 0.1) is 11.4 Å². The minimum atomic E-state index is -0.476. The van der Waals surface area contributed by atoms with Crippen LogP contribution in [0.3, 0.4) is 0 Å². The first-order valence-corrected chi connectivity index (χ1v) is 8.59. The van der Waals surface area contributed by atoms with E-state index in [1.54, 1.807) is 6.20 Å². The van der Waals surface area contributed by atoms with Gasteiger partial charge in [-0.15, -0.1) is 0 Å². The van der Waals surface area contributed by atoms with Crippen LogP contribution in [0.2, 0.25) is 0 Å². The van der Waals surface area contributed by atoms with E-state index in [9.17, 15) is 9.59 Å². The molecular weight excluding hydrogens is 332 g/mol. The minimum absolute atomic E-state index is 0.275. The molecule has 3 N–H and O–H groups in total. The number of nitrogens with zero attached hydrogens (tertiary/aromatic N) is 3. The lowest BCUT2D eigenvalue weighted by Crippen LogP contribution is -2.34. The SMILES string of the molecule is O=c1cc(N2CC[C@@H](NCc3ccnn3-c3ccccc3)C2)[nH]c(=O)[nH]1. The maximum absolute atomic E-state index is 11.5. The fraction of sp³-hybridized carbons (Fsp3) is 0.278. The van der Waals surface area contributed by atoms with E-state index < -0.39 is 5.69 Å². The van der Waals surface area contributed by atoms with Crippen LogP contribution in [0.15, 0.2) is 58.3 Å². The van der Waals surface area contributed by atoms with Gasteiger partial charge in [-0.05, 0) is 24.6 Å². The van der Waals surface area contributed by atoms with E-state index >= 15 is 0 Å². The molecule has 26 heavy (non-hydrogen) atoms. The van der Waals surface area contributed by atoms with Gasteiger partial charge < -0.3 is 10.2 Å². The number of H-pyrrole nitrogens is 2. The Morgan fingerprint density at radius 3 is 2.81 bits per heavy atom. The molecule has 1 aromatic carbocycles. The third-order valence-corrected chi connectivity index (χ3v) is 4.57. The fourth-order valence-electron chi connectivity index (χ4n) is 3.29. The second-order valence-corrected chi connectivity index (χ2v) is 6.36. The molecular formula is C18H20N6O2. The van der Waals surface area contributed by atoms with Gasteiger partial charge in [0.1, 0.15) is 5.82 Å². The van der Waals surface area contributed by atoms with Gasteiger partial charge in [0.2, 0.25) is 0 Å². The van der Waals surface area contributed by atoms with Crippen LogP contribution in [-0.4, -0.2) is 38.9 Å². The van der Waals surface area contributed by atoms with Crippen molar-refractivity contribution in [3.05, 3.63) is 75.2 Å². The van der Waals surface area contributed by atoms with Gasteiger partial charge in [0.25, 0.3) is 5.56 Å². The average molecular weight is 352 g/mol. The molecule has 0 bridgehead atoms. The first-order valence-electron chi connectivity index (χ1n) is 8.59. The summed E-state index contributed by atoms with van der Waals surface area (Å²) in [6.07, 6.45) is 2.74. The molecule has 1 saturated heterocycles. The van der Waals surface area contributed by atoms with Crippen LogP contribution >= 0.6 is 0 Å². The predicted octanol–water partition coefficient (Wildman–Crippen LogP) is 0.617. The van der Waals surface area contributed by atoms with Gasteiger partial charge in [0.15, 0.2) is 0 Å². The lowest BCUT2D eigenvalue weighted by molar-refractivity contribution is 0.538. The van der Waals surface area contributed by atoms with Gasteiger partial charge in [-0.3, -0.25) is 14.8 Å². The first-order chi connectivity index (χ1) is 12.7. The zero-order valence-electron chi connectivity index (χ0n) is 14.2. The number of aromatic nitrogens is 4. The standard InChI is InChI=1S/C18H20N6O2/c25-17-10-16(21-18(26)22-17)23-9-7-13(12-23)19-11-15-6-8-20-24(15)14-4-2-1-3-5-14/h1-6,8,10,13,19H,7,9,11-12H2,(H2,21,22,25,26)/t13-/m1/s1. The van der Waals surface area contributed by atoms with E-state index in [0.29, 0.717) is 12.4 Å². The summed E-state index contributed by atoms with van der Waals surface area (Å²) in [7, 11) is 0. The quantitative estimate of drug-likeness (QED) is 0.625. The Labute approximate surface area is 149 Å². The normalized spacial score (nSPS) is 16.9. The average Bonchev–Trinajstić information content (AvgIpc) is 3.29. The van der Waals surface area contributed by atoms with Crippen molar-refractivity contribution in [1.82, 2.24) is 25.1 Å². The second-order valence-electron chi connectivity index (χ2n) is 6.36. The van der Waals surface area contributed by atoms with Crippen molar-refractivity contribution in [1.29, 1.82) is 0 Å². The Bertz CT molecular complexity index is 962. The molecule has 0 spiro atoms. The van der Waals surface area contributed by atoms with E-state index in [-0.39, 0.29) is 11.6 Å². The largest absolute Gasteiger partial charge is 0.356 e. The van der Waals surface area contributed by atoms with Crippen molar-refractivity contribution in [3.63, 3.8) is 0 Å². The molecule has 0 unspecified atom stereocenters. The molecule has 3 aromatic rings. The van der Waals surface area contributed by atoms with E-state index in [4.69, 9.17) is 0 Å². The number of hydrogen-bond acceptors (Lipinski definition) is 5. The maximum Gasteiger partial charge on any atom is 0.327 e. The highest BCUT2D eigenvalue weighted by Crippen LogP contribution is 2.16. The van der Waals surface area contributed by atoms with E-state index in [2.05, 4.69) is 20.4 Å². The molecule has 1 atom stereocenters. The van der Waals surface area contributed by atoms with Crippen LogP contribution in [0.1, 0.15) is 12.1 Å². The zero-order valence-corrected chi connectivity index (χ0v) is 14.2. The number of para-hydroxylation sites is 1. The van der Waals surface area contributed by atoms with E-state index in [1.165, 1.54) is 6.07 Å². The van der Waals surface area contributed by atoms with Gasteiger partial charge in [0, 0.05) is 37.9 Å². The molecule has 0 amide bonds. The lowest BCUT2D eigenvalue weighted by atomic mass is 10.2. The summed E-state index contributed by atoms with van der Waals surface area (Å²) in [5.74, 6) is 0.567. The third-order valence-electron chi connectivity index (χ3n) is 4.57. The molecule has 1 fully saturated rings. The molecule has 3 heterocycles. The molecule has 8 nitrogen and oxygen atoms in total. The van der Waals surface area contributed by atoms with Crippen molar-refractivity contribution < 1.29 is 0 Å². The van der Waals surface area contributed by atoms with Gasteiger partial charge >= 0.3 is 5.69 Å². The third kappa shape index (κ3) is 3.45. The summed E-state index contributed by atoms with van der Waals surface area (Å²) >= 11 is 0. The van der Waals surface area contributed by atoms with Gasteiger partial charge in [-0.1, -0.05) is 18.2 Å². The molecule has 1 aliphatic rings. The number of anilines is 1. The molecule has 0 radical (unpaired) electrons. The summed E-state index contributed by atoms with van der Waals surface area (Å²) in [6.45, 7) is 2.22. The highest BCUT2D eigenvalue weighted by atomic mass is 16.2. The predicted molar refractivity (Wildman–Crippen MR) is 98.7 cm³/mol. The number of hydrogen-bond donors (Lipinski definition) is 3. The monoisotopic (exact) mass is 352 g/mol. The topological polar surface area (TPSA) is 98.8 Å². The number of aromatic amines is 2. The van der Waals surface area contributed by atoms with E-state index in [1.807, 2.05) is 46.0 Å². The molecule has 4 rings (SSSR count). The van der Waals surface area contributed by atoms with Crippen molar-refractivity contribution >= 4 is 5.82 Å². The highest BCUT2D eigenvalue weighted by molar-refractivity contribution is 5.38. The number of benzene rings is 1. The number of nitrogens with one attached hydrogen (secondary N) is 3. The van der Waals surface area contributed by atoms with E-state index in [0.717, 1.165) is 30.9 Å². The zero-order chi connectivity index (χ0) is 17.9. The smallest absolute Gasteiger partial charge is 0.327 e. The highest BCUT2D eigenvalue weighted by Gasteiger charge is 2.23. The minimum Gasteiger partial charge on any atom is -0.356 e. The molecule has 8 heteroatoms. The van der Waals surface area contributed by atoms with Gasteiger partial charge in [-0.2, -0.15) is 5.10 Å². The van der Waals surface area contributed by atoms with Crippen molar-refractivity contribution in [2.24, 2.45) is 0 Å². The molecule has 0 aliphatic carbocycles. The van der Waals surface area contributed by atoms with Crippen LogP contribution in [0.4, 0.5) is 5.82 Å². The summed E-state index contributed by atoms with van der Waals surface area (Å²) in [5.41, 5.74) is 1.25. The Kier molecular flexibility index (Phi) is 4.40. The Morgan fingerprint density at radius 2 is 2.00 bits per heavy atom. The Hall–Kier alpha value is -3.13. The number of rotatable bonds is 5. The molecule has 1 aliphatic heterocycles. The molecule has 0 saturated carbocycles.